The minimum atomic E-state index is -4.10. The zero-order valence-electron chi connectivity index (χ0n) is 14.4. The Bertz CT molecular complexity index is 401. The van der Waals surface area contributed by atoms with Crippen LogP contribution in [-0.4, -0.2) is 68.3 Å². The van der Waals surface area contributed by atoms with E-state index in [1.807, 2.05) is 0 Å². The third kappa shape index (κ3) is 5.86. The van der Waals surface area contributed by atoms with Crippen LogP contribution >= 0.6 is 0 Å². The predicted octanol–water partition coefficient (Wildman–Crippen LogP) is 2.42. The second-order valence-electron chi connectivity index (χ2n) is 7.28. The highest BCUT2D eigenvalue weighted by atomic mass is 19.4. The molecule has 0 saturated carbocycles. The van der Waals surface area contributed by atoms with Gasteiger partial charge < -0.3 is 10.2 Å². The van der Waals surface area contributed by atoms with Crippen molar-refractivity contribution in [1.82, 2.24) is 15.1 Å². The molecule has 23 heavy (non-hydrogen) atoms. The first-order valence-corrected chi connectivity index (χ1v) is 8.51. The van der Waals surface area contributed by atoms with Crippen LogP contribution in [0.1, 0.15) is 26.7 Å². The predicted molar refractivity (Wildman–Crippen MR) is 86.5 cm³/mol. The number of hydrogen-bond donors (Lipinski definition) is 1. The maximum atomic E-state index is 12.4. The number of nitrogens with one attached hydrogen (secondary N) is 1. The standard InChI is InChI=1S/C16H29F3N4/c1-12-6-13(2)9-23(8-12)15(20-3)21-7-14-4-5-22(10-14)11-16(17,18)19/h12-14H,4-11H2,1-3H3,(H,20,21). The summed E-state index contributed by atoms with van der Waals surface area (Å²) in [6.07, 6.45) is -2.05. The Morgan fingerprint density at radius 3 is 2.39 bits per heavy atom. The number of nitrogens with zero attached hydrogens (tertiary/aromatic N) is 3. The molecule has 0 aromatic rings. The number of hydrogen-bond acceptors (Lipinski definition) is 2. The molecule has 0 bridgehead atoms. The minimum Gasteiger partial charge on any atom is -0.356 e. The molecule has 0 aromatic heterocycles. The molecule has 4 nitrogen and oxygen atoms in total. The average Bonchev–Trinajstić information content (AvgIpc) is 2.83. The highest BCUT2D eigenvalue weighted by Crippen LogP contribution is 2.23. The van der Waals surface area contributed by atoms with E-state index in [1.165, 1.54) is 11.3 Å². The summed E-state index contributed by atoms with van der Waals surface area (Å²) in [4.78, 5) is 8.14. The van der Waals surface area contributed by atoms with Gasteiger partial charge in [-0.25, -0.2) is 0 Å². The van der Waals surface area contributed by atoms with Crippen LogP contribution in [-0.2, 0) is 0 Å². The topological polar surface area (TPSA) is 30.9 Å². The molecule has 2 saturated heterocycles. The summed E-state index contributed by atoms with van der Waals surface area (Å²) in [5.74, 6) is 2.43. The van der Waals surface area contributed by atoms with Crippen molar-refractivity contribution < 1.29 is 13.2 Å². The van der Waals surface area contributed by atoms with Gasteiger partial charge in [0.1, 0.15) is 0 Å². The number of likely N-dealkylation sites (tertiary alicyclic amines) is 2. The lowest BCUT2D eigenvalue weighted by Crippen LogP contribution is -2.49. The summed E-state index contributed by atoms with van der Waals surface area (Å²) in [7, 11) is 1.77. The number of alkyl halides is 3. The van der Waals surface area contributed by atoms with Crippen molar-refractivity contribution in [2.45, 2.75) is 32.9 Å². The second-order valence-corrected chi connectivity index (χ2v) is 7.28. The molecule has 2 aliphatic heterocycles. The van der Waals surface area contributed by atoms with Crippen molar-refractivity contribution in [2.24, 2.45) is 22.7 Å². The lowest BCUT2D eigenvalue weighted by atomic mass is 9.92. The van der Waals surface area contributed by atoms with Gasteiger partial charge >= 0.3 is 6.18 Å². The Labute approximate surface area is 137 Å². The van der Waals surface area contributed by atoms with Crippen LogP contribution in [0.25, 0.3) is 0 Å². The summed E-state index contributed by atoms with van der Waals surface area (Å²) < 4.78 is 37.3. The maximum absolute atomic E-state index is 12.4. The SMILES string of the molecule is CN=C(NCC1CCN(CC(F)(F)F)C1)N1CC(C)CC(C)C1. The highest BCUT2D eigenvalue weighted by molar-refractivity contribution is 5.80. The van der Waals surface area contributed by atoms with Gasteiger partial charge in [0.15, 0.2) is 5.96 Å². The summed E-state index contributed by atoms with van der Waals surface area (Å²) >= 11 is 0. The maximum Gasteiger partial charge on any atom is 0.401 e. The molecule has 134 valence electrons. The molecule has 2 rings (SSSR count). The Hall–Kier alpha value is -0.980. The fourth-order valence-corrected chi connectivity index (χ4v) is 3.88. The van der Waals surface area contributed by atoms with Gasteiger partial charge in [-0.2, -0.15) is 13.2 Å². The van der Waals surface area contributed by atoms with E-state index in [9.17, 15) is 13.2 Å². The fourth-order valence-electron chi connectivity index (χ4n) is 3.88. The molecule has 0 aromatic carbocycles. The van der Waals surface area contributed by atoms with E-state index in [1.54, 1.807) is 7.05 Å². The van der Waals surface area contributed by atoms with Crippen molar-refractivity contribution in [1.29, 1.82) is 0 Å². The van der Waals surface area contributed by atoms with E-state index >= 15 is 0 Å². The number of guanidine groups is 1. The summed E-state index contributed by atoms with van der Waals surface area (Å²) in [6.45, 7) is 7.44. The average molecular weight is 334 g/mol. The molecule has 7 heteroatoms. The quantitative estimate of drug-likeness (QED) is 0.635. The van der Waals surface area contributed by atoms with Gasteiger partial charge in [-0.3, -0.25) is 9.89 Å². The van der Waals surface area contributed by atoms with Crippen LogP contribution < -0.4 is 5.32 Å². The minimum absolute atomic E-state index is 0.258. The summed E-state index contributed by atoms with van der Waals surface area (Å²) in [6, 6.07) is 0. The second kappa shape index (κ2) is 7.73. The van der Waals surface area contributed by atoms with Crippen molar-refractivity contribution in [3.05, 3.63) is 0 Å². The largest absolute Gasteiger partial charge is 0.401 e. The molecule has 2 heterocycles. The molecular formula is C16H29F3N4. The monoisotopic (exact) mass is 334 g/mol. The normalized spacial score (nSPS) is 30.8. The molecular weight excluding hydrogens is 305 g/mol. The van der Waals surface area contributed by atoms with Gasteiger partial charge in [0.05, 0.1) is 6.54 Å². The molecule has 0 amide bonds. The van der Waals surface area contributed by atoms with Crippen molar-refractivity contribution in [3.63, 3.8) is 0 Å². The van der Waals surface area contributed by atoms with Crippen LogP contribution in [0.5, 0.6) is 0 Å². The van der Waals surface area contributed by atoms with Crippen LogP contribution in [0, 0.1) is 17.8 Å². The van der Waals surface area contributed by atoms with Gasteiger partial charge in [-0.15, -0.1) is 0 Å². The van der Waals surface area contributed by atoms with Crippen LogP contribution in [0.2, 0.25) is 0 Å². The molecule has 1 N–H and O–H groups in total. The van der Waals surface area contributed by atoms with Gasteiger partial charge in [0, 0.05) is 33.2 Å². The van der Waals surface area contributed by atoms with Crippen molar-refractivity contribution >= 4 is 5.96 Å². The van der Waals surface area contributed by atoms with E-state index in [-0.39, 0.29) is 5.92 Å². The number of rotatable bonds is 3. The lowest BCUT2D eigenvalue weighted by Gasteiger charge is -2.37. The van der Waals surface area contributed by atoms with E-state index in [0.29, 0.717) is 31.5 Å². The molecule has 0 aliphatic carbocycles. The van der Waals surface area contributed by atoms with Crippen LogP contribution in [0.15, 0.2) is 4.99 Å². The molecule has 2 fully saturated rings. The zero-order chi connectivity index (χ0) is 17.0. The first-order chi connectivity index (χ1) is 10.8. The van der Waals surface area contributed by atoms with Gasteiger partial charge in [0.2, 0.25) is 0 Å². The molecule has 3 atom stereocenters. The van der Waals surface area contributed by atoms with Crippen LogP contribution in [0.3, 0.4) is 0 Å². The van der Waals surface area contributed by atoms with E-state index < -0.39 is 12.7 Å². The molecule has 3 unspecified atom stereocenters. The van der Waals surface area contributed by atoms with Crippen molar-refractivity contribution in [2.75, 3.05) is 46.3 Å². The van der Waals surface area contributed by atoms with E-state index in [4.69, 9.17) is 0 Å². The van der Waals surface area contributed by atoms with Gasteiger partial charge in [-0.1, -0.05) is 13.8 Å². The lowest BCUT2D eigenvalue weighted by molar-refractivity contribution is -0.143. The van der Waals surface area contributed by atoms with E-state index in [0.717, 1.165) is 25.5 Å². The van der Waals surface area contributed by atoms with Gasteiger partial charge in [-0.05, 0) is 37.1 Å². The summed E-state index contributed by atoms with van der Waals surface area (Å²) in [5, 5.41) is 3.37. The molecule has 0 spiro atoms. The summed E-state index contributed by atoms with van der Waals surface area (Å²) in [5.41, 5.74) is 0. The Morgan fingerprint density at radius 2 is 1.83 bits per heavy atom. The Balaban J connectivity index is 1.78. The third-order valence-electron chi connectivity index (χ3n) is 4.70. The fraction of sp³-hybridized carbons (Fsp3) is 0.938. The third-order valence-corrected chi connectivity index (χ3v) is 4.70. The molecule has 2 aliphatic rings. The number of piperidine rings is 1. The van der Waals surface area contributed by atoms with E-state index in [2.05, 4.69) is 29.1 Å². The van der Waals surface area contributed by atoms with Crippen molar-refractivity contribution in [3.8, 4) is 0 Å². The smallest absolute Gasteiger partial charge is 0.356 e. The number of halogens is 3. The zero-order valence-corrected chi connectivity index (χ0v) is 14.4. The first kappa shape index (κ1) is 18.4. The van der Waals surface area contributed by atoms with Gasteiger partial charge in [0.25, 0.3) is 0 Å². The Kier molecular flexibility index (Phi) is 6.17. The molecule has 0 radical (unpaired) electrons. The number of aliphatic imine (C=N–C) groups is 1. The first-order valence-electron chi connectivity index (χ1n) is 8.51. The Morgan fingerprint density at radius 1 is 1.17 bits per heavy atom. The van der Waals surface area contributed by atoms with Crippen LogP contribution in [0.4, 0.5) is 13.2 Å². The highest BCUT2D eigenvalue weighted by Gasteiger charge is 2.34.